The fourth-order valence-electron chi connectivity index (χ4n) is 1.44. The first-order valence-corrected chi connectivity index (χ1v) is 7.27. The van der Waals surface area contributed by atoms with Gasteiger partial charge in [-0.25, -0.2) is 0 Å². The van der Waals surface area contributed by atoms with Crippen molar-refractivity contribution in [3.8, 4) is 0 Å². The second-order valence-electron chi connectivity index (χ2n) is 4.23. The topological polar surface area (TPSA) is 0 Å². The average molecular weight is 256 g/mol. The van der Waals surface area contributed by atoms with Crippen molar-refractivity contribution in [1.82, 2.24) is 0 Å². The van der Waals surface area contributed by atoms with Crippen LogP contribution in [0.15, 0.2) is 73.4 Å². The smallest absolute Gasteiger partial charge is 0.0169 e. The maximum atomic E-state index is 3.68. The summed E-state index contributed by atoms with van der Waals surface area (Å²) in [5, 5.41) is 0. The lowest BCUT2D eigenvalue weighted by atomic mass is 10.2. The van der Waals surface area contributed by atoms with E-state index in [4.69, 9.17) is 0 Å². The molecule has 0 bridgehead atoms. The summed E-state index contributed by atoms with van der Waals surface area (Å²) in [4.78, 5) is 0. The summed E-state index contributed by atoms with van der Waals surface area (Å²) in [5.74, 6) is 0. The molecule has 0 N–H and O–H groups in total. The van der Waals surface area contributed by atoms with Gasteiger partial charge in [-0.3, -0.25) is 0 Å². The van der Waals surface area contributed by atoms with Gasteiger partial charge in [0.1, 0.15) is 0 Å². The lowest BCUT2D eigenvalue weighted by Gasteiger charge is -1.85. The van der Waals surface area contributed by atoms with Gasteiger partial charge in [-0.1, -0.05) is 73.8 Å². The molecule has 0 heterocycles. The van der Waals surface area contributed by atoms with Crippen molar-refractivity contribution < 1.29 is 0 Å². The lowest BCUT2D eigenvalue weighted by Crippen LogP contribution is -1.64. The van der Waals surface area contributed by atoms with Crippen LogP contribution in [0, 0.1) is 0 Å². The van der Waals surface area contributed by atoms with Crippen LogP contribution in [0.5, 0.6) is 0 Å². The summed E-state index contributed by atoms with van der Waals surface area (Å²) in [5.41, 5.74) is 0. The van der Waals surface area contributed by atoms with Crippen LogP contribution in [0.25, 0.3) is 0 Å². The van der Waals surface area contributed by atoms with E-state index in [-0.39, 0.29) is 0 Å². The minimum atomic E-state index is 0.966. The van der Waals surface area contributed by atoms with Gasteiger partial charge < -0.3 is 0 Å². The van der Waals surface area contributed by atoms with E-state index < -0.39 is 0 Å². The zero-order valence-corrected chi connectivity index (χ0v) is 12.3. The fourth-order valence-corrected chi connectivity index (χ4v) is 1.44. The molecule has 0 aromatic carbocycles. The largest absolute Gasteiger partial charge is 0.103 e. The van der Waals surface area contributed by atoms with Gasteiger partial charge in [0, 0.05) is 0 Å². The third-order valence-electron chi connectivity index (χ3n) is 2.46. The molecule has 0 unspecified atom stereocenters. The number of rotatable bonds is 11. The molecular weight excluding hydrogens is 228 g/mol. The van der Waals surface area contributed by atoms with Crippen LogP contribution < -0.4 is 0 Å². The number of allylic oxidation sites excluding steroid dienone is 11. The summed E-state index contributed by atoms with van der Waals surface area (Å²) in [6.07, 6.45) is 30.2. The standard InChI is InChI=1S/C19H28/c1-3-5-7-9-11-13-15-17-19-18-16-14-12-10-8-6-4-2/h3,6-9,12-15,18-19H,1,4-5,10-11,16-17H2,2H3/b8-6+,9-7-,14-12+,15-13+,19-18+. The number of hydrogen-bond donors (Lipinski definition) is 0. The van der Waals surface area contributed by atoms with E-state index in [0.29, 0.717) is 0 Å². The molecule has 0 saturated carbocycles. The summed E-state index contributed by atoms with van der Waals surface area (Å²) < 4.78 is 0. The van der Waals surface area contributed by atoms with Crippen LogP contribution >= 0.6 is 0 Å². The Bertz CT molecular complexity index is 324. The molecule has 0 amide bonds. The van der Waals surface area contributed by atoms with Gasteiger partial charge in [0.15, 0.2) is 0 Å². The van der Waals surface area contributed by atoms with Crippen molar-refractivity contribution >= 4 is 0 Å². The van der Waals surface area contributed by atoms with Crippen molar-refractivity contribution in [2.45, 2.75) is 45.4 Å². The highest BCUT2D eigenvalue weighted by Crippen LogP contribution is 1.95. The summed E-state index contributed by atoms with van der Waals surface area (Å²) in [6, 6.07) is 0. The van der Waals surface area contributed by atoms with E-state index in [0.717, 1.165) is 38.5 Å². The third kappa shape index (κ3) is 16.4. The normalized spacial score (nSPS) is 12.9. The predicted octanol–water partition coefficient (Wildman–Crippen LogP) is 6.31. The second-order valence-corrected chi connectivity index (χ2v) is 4.23. The molecule has 0 atom stereocenters. The first-order valence-electron chi connectivity index (χ1n) is 7.27. The Labute approximate surface area is 119 Å². The molecule has 0 fully saturated rings. The van der Waals surface area contributed by atoms with Gasteiger partial charge in [-0.2, -0.15) is 0 Å². The Morgan fingerprint density at radius 3 is 1.16 bits per heavy atom. The van der Waals surface area contributed by atoms with E-state index >= 15 is 0 Å². The number of hydrogen-bond acceptors (Lipinski definition) is 0. The molecule has 0 aliphatic carbocycles. The molecule has 0 aromatic rings. The quantitative estimate of drug-likeness (QED) is 0.380. The van der Waals surface area contributed by atoms with Crippen molar-refractivity contribution in [3.05, 3.63) is 73.4 Å². The van der Waals surface area contributed by atoms with E-state index in [9.17, 15) is 0 Å². The fraction of sp³-hybridized carbons (Fsp3) is 0.368. The van der Waals surface area contributed by atoms with Crippen LogP contribution in [0.1, 0.15) is 45.4 Å². The molecule has 0 radical (unpaired) electrons. The van der Waals surface area contributed by atoms with Gasteiger partial charge in [0.05, 0.1) is 0 Å². The zero-order valence-electron chi connectivity index (χ0n) is 12.3. The third-order valence-corrected chi connectivity index (χ3v) is 2.46. The lowest BCUT2D eigenvalue weighted by molar-refractivity contribution is 1.19. The molecule has 0 rings (SSSR count). The highest BCUT2D eigenvalue weighted by Gasteiger charge is 1.74. The van der Waals surface area contributed by atoms with Gasteiger partial charge in [-0.05, 0) is 38.5 Å². The van der Waals surface area contributed by atoms with Crippen molar-refractivity contribution in [3.63, 3.8) is 0 Å². The molecule has 0 heteroatoms. The van der Waals surface area contributed by atoms with Crippen LogP contribution in [0.2, 0.25) is 0 Å². The van der Waals surface area contributed by atoms with Crippen molar-refractivity contribution in [2.75, 3.05) is 0 Å². The molecule has 104 valence electrons. The summed E-state index contributed by atoms with van der Waals surface area (Å²) >= 11 is 0. The Kier molecular flexibility index (Phi) is 15.1. The van der Waals surface area contributed by atoms with Gasteiger partial charge >= 0.3 is 0 Å². The molecule has 0 aliphatic heterocycles. The van der Waals surface area contributed by atoms with Crippen molar-refractivity contribution in [1.29, 1.82) is 0 Å². The van der Waals surface area contributed by atoms with E-state index in [2.05, 4.69) is 74.3 Å². The van der Waals surface area contributed by atoms with E-state index in [1.54, 1.807) is 0 Å². The Balaban J connectivity index is 3.45. The van der Waals surface area contributed by atoms with Gasteiger partial charge in [0.2, 0.25) is 0 Å². The monoisotopic (exact) mass is 256 g/mol. The Morgan fingerprint density at radius 1 is 0.526 bits per heavy atom. The van der Waals surface area contributed by atoms with E-state index in [1.165, 1.54) is 0 Å². The molecule has 0 nitrogen and oxygen atoms in total. The van der Waals surface area contributed by atoms with Gasteiger partial charge in [-0.15, -0.1) is 6.58 Å². The van der Waals surface area contributed by atoms with Gasteiger partial charge in [0.25, 0.3) is 0 Å². The summed E-state index contributed by atoms with van der Waals surface area (Å²) in [6.45, 7) is 5.83. The molecule has 0 aromatic heterocycles. The highest BCUT2D eigenvalue weighted by atomic mass is 13.8. The predicted molar refractivity (Wildman–Crippen MR) is 89.3 cm³/mol. The first-order chi connectivity index (χ1) is 9.41. The highest BCUT2D eigenvalue weighted by molar-refractivity contribution is 5.01. The van der Waals surface area contributed by atoms with Crippen LogP contribution in [-0.2, 0) is 0 Å². The SMILES string of the molecule is C=CC/C=C\C/C=C/C/C=C/C/C=C/C/C=C/CC. The van der Waals surface area contributed by atoms with Crippen molar-refractivity contribution in [2.24, 2.45) is 0 Å². The zero-order chi connectivity index (χ0) is 14.0. The van der Waals surface area contributed by atoms with E-state index in [1.807, 2.05) is 6.08 Å². The molecule has 0 spiro atoms. The second kappa shape index (κ2) is 16.4. The van der Waals surface area contributed by atoms with Crippen LogP contribution in [0.3, 0.4) is 0 Å². The molecule has 19 heavy (non-hydrogen) atoms. The maximum absolute atomic E-state index is 3.68. The minimum absolute atomic E-state index is 0.966. The average Bonchev–Trinajstić information content (AvgIpc) is 2.43. The molecular formula is C19H28. The first kappa shape index (κ1) is 17.4. The Hall–Kier alpha value is -1.56. The van der Waals surface area contributed by atoms with Crippen LogP contribution in [0.4, 0.5) is 0 Å². The summed E-state index contributed by atoms with van der Waals surface area (Å²) in [7, 11) is 0. The molecule has 0 saturated heterocycles. The van der Waals surface area contributed by atoms with Crippen LogP contribution in [-0.4, -0.2) is 0 Å². The maximum Gasteiger partial charge on any atom is -0.0169 e. The minimum Gasteiger partial charge on any atom is -0.103 e. The Morgan fingerprint density at radius 2 is 0.842 bits per heavy atom. The molecule has 0 aliphatic rings.